The van der Waals surface area contributed by atoms with Crippen molar-refractivity contribution in [1.29, 1.82) is 0 Å². The van der Waals surface area contributed by atoms with Crippen molar-refractivity contribution in [3.63, 3.8) is 0 Å². The van der Waals surface area contributed by atoms with Crippen molar-refractivity contribution in [2.75, 3.05) is 0 Å². The van der Waals surface area contributed by atoms with Gasteiger partial charge in [0.1, 0.15) is 0 Å². The highest BCUT2D eigenvalue weighted by atomic mass is 16.3. The van der Waals surface area contributed by atoms with Crippen molar-refractivity contribution in [1.82, 2.24) is 4.98 Å². The van der Waals surface area contributed by atoms with Gasteiger partial charge in [0.25, 0.3) is 0 Å². The van der Waals surface area contributed by atoms with Crippen molar-refractivity contribution in [3.05, 3.63) is 29.6 Å². The van der Waals surface area contributed by atoms with Crippen molar-refractivity contribution in [2.24, 2.45) is 11.8 Å². The minimum Gasteiger partial charge on any atom is -0.387 e. The number of aliphatic hydroxyl groups excluding tert-OH is 1. The third-order valence-corrected chi connectivity index (χ3v) is 4.18. The predicted molar refractivity (Wildman–Crippen MR) is 69.7 cm³/mol. The van der Waals surface area contributed by atoms with Crippen molar-refractivity contribution in [3.8, 4) is 0 Å². The third kappa shape index (κ3) is 2.86. The van der Waals surface area contributed by atoms with Gasteiger partial charge in [-0.25, -0.2) is 0 Å². The summed E-state index contributed by atoms with van der Waals surface area (Å²) < 4.78 is 0. The molecule has 1 heterocycles. The molecule has 0 radical (unpaired) electrons. The number of nitrogens with zero attached hydrogens (tertiary/aromatic N) is 1. The summed E-state index contributed by atoms with van der Waals surface area (Å²) in [6.45, 7) is 4.29. The zero-order valence-corrected chi connectivity index (χ0v) is 10.9. The normalized spacial score (nSPS) is 26.8. The van der Waals surface area contributed by atoms with Crippen LogP contribution in [0, 0.1) is 18.8 Å². The van der Waals surface area contributed by atoms with Crippen LogP contribution < -0.4 is 0 Å². The van der Waals surface area contributed by atoms with Crippen LogP contribution in [0.2, 0.25) is 0 Å². The Kier molecular flexibility index (Phi) is 4.16. The standard InChI is InChI=1S/C15H23NO/c1-3-12-7-4-8-13(10-12)15(17)14-11(2)6-5-9-16-14/h5-6,9,12-13,15,17H,3-4,7-8,10H2,1-2H3. The predicted octanol–water partition coefficient (Wildman–Crippen LogP) is 3.64. The largest absolute Gasteiger partial charge is 0.387 e. The van der Waals surface area contributed by atoms with Gasteiger partial charge in [0.05, 0.1) is 11.8 Å². The highest BCUT2D eigenvalue weighted by molar-refractivity contribution is 5.20. The second kappa shape index (κ2) is 5.63. The van der Waals surface area contributed by atoms with E-state index < -0.39 is 0 Å². The quantitative estimate of drug-likeness (QED) is 0.864. The Morgan fingerprint density at radius 3 is 3.00 bits per heavy atom. The van der Waals surface area contributed by atoms with Gasteiger partial charge in [-0.3, -0.25) is 4.98 Å². The highest BCUT2D eigenvalue weighted by Crippen LogP contribution is 2.38. The van der Waals surface area contributed by atoms with Gasteiger partial charge in [-0.1, -0.05) is 32.3 Å². The summed E-state index contributed by atoms with van der Waals surface area (Å²) in [6, 6.07) is 3.97. The molecule has 94 valence electrons. The molecule has 1 fully saturated rings. The first-order valence-corrected chi connectivity index (χ1v) is 6.82. The lowest BCUT2D eigenvalue weighted by Gasteiger charge is -2.31. The minimum absolute atomic E-state index is 0.370. The monoisotopic (exact) mass is 233 g/mol. The van der Waals surface area contributed by atoms with E-state index in [2.05, 4.69) is 11.9 Å². The topological polar surface area (TPSA) is 33.1 Å². The maximum Gasteiger partial charge on any atom is 0.0990 e. The lowest BCUT2D eigenvalue weighted by molar-refractivity contribution is 0.0640. The molecule has 1 aromatic heterocycles. The number of hydrogen-bond donors (Lipinski definition) is 1. The zero-order valence-electron chi connectivity index (χ0n) is 10.9. The molecule has 0 saturated heterocycles. The van der Waals surface area contributed by atoms with Gasteiger partial charge in [-0.2, -0.15) is 0 Å². The van der Waals surface area contributed by atoms with E-state index in [9.17, 15) is 5.11 Å². The second-order valence-corrected chi connectivity index (χ2v) is 5.35. The molecule has 2 rings (SSSR count). The first-order chi connectivity index (χ1) is 8.22. The van der Waals surface area contributed by atoms with E-state index in [-0.39, 0.29) is 6.10 Å². The van der Waals surface area contributed by atoms with Crippen LogP contribution >= 0.6 is 0 Å². The molecule has 0 spiro atoms. The van der Waals surface area contributed by atoms with Crippen LogP contribution in [0.25, 0.3) is 0 Å². The average molecular weight is 233 g/mol. The zero-order chi connectivity index (χ0) is 12.3. The maximum absolute atomic E-state index is 10.5. The summed E-state index contributed by atoms with van der Waals surface area (Å²) in [4.78, 5) is 4.35. The molecule has 2 nitrogen and oxygen atoms in total. The van der Waals surface area contributed by atoms with Crippen molar-refractivity contribution < 1.29 is 5.11 Å². The Labute approximate surface area is 104 Å². The van der Waals surface area contributed by atoms with Crippen LogP contribution in [0.3, 0.4) is 0 Å². The number of pyridine rings is 1. The van der Waals surface area contributed by atoms with E-state index in [0.29, 0.717) is 5.92 Å². The summed E-state index contributed by atoms with van der Waals surface area (Å²) >= 11 is 0. The van der Waals surface area contributed by atoms with Crippen molar-refractivity contribution >= 4 is 0 Å². The third-order valence-electron chi connectivity index (χ3n) is 4.18. The summed E-state index contributed by atoms with van der Waals surface area (Å²) in [5.41, 5.74) is 1.99. The molecule has 1 aliphatic carbocycles. The number of hydrogen-bond acceptors (Lipinski definition) is 2. The fraction of sp³-hybridized carbons (Fsp3) is 0.667. The smallest absolute Gasteiger partial charge is 0.0990 e. The van der Waals surface area contributed by atoms with E-state index in [1.54, 1.807) is 6.20 Å². The van der Waals surface area contributed by atoms with E-state index >= 15 is 0 Å². The van der Waals surface area contributed by atoms with Crippen LogP contribution in [0.1, 0.15) is 56.4 Å². The SMILES string of the molecule is CCC1CCCC(C(O)c2ncccc2C)C1. The molecule has 0 amide bonds. The van der Waals surface area contributed by atoms with Crippen LogP contribution in [-0.2, 0) is 0 Å². The molecule has 0 aromatic carbocycles. The van der Waals surface area contributed by atoms with Gasteiger partial charge in [0.15, 0.2) is 0 Å². The van der Waals surface area contributed by atoms with Crippen LogP contribution in [0.5, 0.6) is 0 Å². The summed E-state index contributed by atoms with van der Waals surface area (Å²) in [5, 5.41) is 10.5. The molecule has 3 atom stereocenters. The molecule has 17 heavy (non-hydrogen) atoms. The van der Waals surface area contributed by atoms with E-state index in [4.69, 9.17) is 0 Å². The molecule has 2 heteroatoms. The van der Waals surface area contributed by atoms with Gasteiger partial charge in [0.2, 0.25) is 0 Å². The highest BCUT2D eigenvalue weighted by Gasteiger charge is 2.28. The Bertz CT molecular complexity index is 364. The molecule has 0 bridgehead atoms. The van der Waals surface area contributed by atoms with Crippen LogP contribution in [0.4, 0.5) is 0 Å². The number of rotatable bonds is 3. The molecule has 1 aromatic rings. The van der Waals surface area contributed by atoms with Crippen molar-refractivity contribution in [2.45, 2.75) is 52.1 Å². The lowest BCUT2D eigenvalue weighted by atomic mass is 9.76. The van der Waals surface area contributed by atoms with Crippen LogP contribution in [-0.4, -0.2) is 10.1 Å². The fourth-order valence-corrected chi connectivity index (χ4v) is 3.02. The molecule has 1 aliphatic rings. The van der Waals surface area contributed by atoms with E-state index in [1.165, 1.54) is 19.3 Å². The average Bonchev–Trinajstić information content (AvgIpc) is 2.38. The Morgan fingerprint density at radius 2 is 2.29 bits per heavy atom. The number of aliphatic hydroxyl groups is 1. The molecular weight excluding hydrogens is 210 g/mol. The first kappa shape index (κ1) is 12.6. The fourth-order valence-electron chi connectivity index (χ4n) is 3.02. The Morgan fingerprint density at radius 1 is 1.47 bits per heavy atom. The summed E-state index contributed by atoms with van der Waals surface area (Å²) in [7, 11) is 0. The molecule has 1 saturated carbocycles. The summed E-state index contributed by atoms with van der Waals surface area (Å²) in [6.07, 6.45) is 7.55. The van der Waals surface area contributed by atoms with Gasteiger partial charge in [-0.05, 0) is 43.2 Å². The Hall–Kier alpha value is -0.890. The Balaban J connectivity index is 2.09. The van der Waals surface area contributed by atoms with Crippen LogP contribution in [0.15, 0.2) is 18.3 Å². The van der Waals surface area contributed by atoms with Gasteiger partial charge in [-0.15, -0.1) is 0 Å². The summed E-state index contributed by atoms with van der Waals surface area (Å²) in [5.74, 6) is 1.20. The number of aryl methyl sites for hydroxylation is 1. The van der Waals surface area contributed by atoms with E-state index in [0.717, 1.165) is 30.0 Å². The van der Waals surface area contributed by atoms with Gasteiger partial charge in [0, 0.05) is 6.20 Å². The van der Waals surface area contributed by atoms with Gasteiger partial charge >= 0.3 is 0 Å². The minimum atomic E-state index is -0.370. The lowest BCUT2D eigenvalue weighted by Crippen LogP contribution is -2.22. The maximum atomic E-state index is 10.5. The molecular formula is C15H23NO. The molecule has 0 aliphatic heterocycles. The number of aromatic nitrogens is 1. The molecule has 1 N–H and O–H groups in total. The van der Waals surface area contributed by atoms with Gasteiger partial charge < -0.3 is 5.11 Å². The van der Waals surface area contributed by atoms with E-state index in [1.807, 2.05) is 19.1 Å². The second-order valence-electron chi connectivity index (χ2n) is 5.35. The first-order valence-electron chi connectivity index (χ1n) is 6.82. The molecule has 3 unspecified atom stereocenters.